The summed E-state index contributed by atoms with van der Waals surface area (Å²) in [5.41, 5.74) is 3.08. The topological polar surface area (TPSA) is 36.4 Å². The van der Waals surface area contributed by atoms with Crippen molar-refractivity contribution in [1.29, 1.82) is 0 Å². The van der Waals surface area contributed by atoms with Crippen LogP contribution in [-0.4, -0.2) is 17.9 Å². The van der Waals surface area contributed by atoms with Crippen LogP contribution in [-0.2, 0) is 0 Å². The number of nitrogens with one attached hydrogen (secondary N) is 2. The summed E-state index contributed by atoms with van der Waals surface area (Å²) in [7, 11) is 0. The Balaban J connectivity index is 1.57. The second-order valence-electron chi connectivity index (χ2n) is 5.82. The average Bonchev–Trinajstić information content (AvgIpc) is 3.00. The number of allylic oxidation sites excluding steroid dienone is 3. The lowest BCUT2D eigenvalue weighted by Crippen LogP contribution is -2.46. The van der Waals surface area contributed by atoms with Gasteiger partial charge in [-0.2, -0.15) is 0 Å². The second-order valence-corrected chi connectivity index (χ2v) is 7.06. The van der Waals surface area contributed by atoms with Crippen molar-refractivity contribution in [2.75, 3.05) is 6.67 Å². The van der Waals surface area contributed by atoms with Gasteiger partial charge in [0, 0.05) is 5.70 Å². The van der Waals surface area contributed by atoms with Gasteiger partial charge < -0.3 is 5.32 Å². The molecule has 4 rings (SSSR count). The number of rotatable bonds is 1. The van der Waals surface area contributed by atoms with E-state index in [1.807, 2.05) is 0 Å². The van der Waals surface area contributed by atoms with Crippen molar-refractivity contribution >= 4 is 17.6 Å². The van der Waals surface area contributed by atoms with Crippen LogP contribution in [0.5, 0.6) is 0 Å². The van der Waals surface area contributed by atoms with Crippen molar-refractivity contribution in [3.8, 4) is 0 Å². The van der Waals surface area contributed by atoms with E-state index in [0.717, 1.165) is 6.67 Å². The van der Waals surface area contributed by atoms with Crippen molar-refractivity contribution in [3.05, 3.63) is 22.3 Å². The third-order valence-corrected chi connectivity index (χ3v) is 6.02. The molecule has 0 aromatic carbocycles. The molecule has 4 aliphatic rings. The molecule has 4 heteroatoms. The number of amidine groups is 1. The maximum atomic E-state index is 4.73. The summed E-state index contributed by atoms with van der Waals surface area (Å²) in [5, 5.41) is 7.75. The van der Waals surface area contributed by atoms with E-state index in [1.165, 1.54) is 56.5 Å². The average molecular weight is 275 g/mol. The first-order valence-electron chi connectivity index (χ1n) is 7.54. The quantitative estimate of drug-likeness (QED) is 0.772. The fraction of sp³-hybridized carbons (Fsp3) is 0.667. The molecule has 0 aromatic heterocycles. The normalized spacial score (nSPS) is 33.7. The molecular formula is C15H21N3S. The molecule has 0 bridgehead atoms. The summed E-state index contributed by atoms with van der Waals surface area (Å²) in [5.74, 6) is 1.75. The Morgan fingerprint density at radius 3 is 3.11 bits per heavy atom. The van der Waals surface area contributed by atoms with Gasteiger partial charge in [0.25, 0.3) is 0 Å². The summed E-state index contributed by atoms with van der Waals surface area (Å²) in [6.07, 6.45) is 11.4. The zero-order chi connectivity index (χ0) is 12.7. The molecule has 0 amide bonds. The molecule has 2 heterocycles. The SMILES string of the molecule is C1=C(NC2=NCNC3SC4=C(CCC4)C23)CCCC1. The van der Waals surface area contributed by atoms with Gasteiger partial charge in [0.15, 0.2) is 0 Å². The first kappa shape index (κ1) is 12.0. The molecule has 2 atom stereocenters. The highest BCUT2D eigenvalue weighted by Gasteiger charge is 2.41. The van der Waals surface area contributed by atoms with Crippen LogP contribution in [0.25, 0.3) is 0 Å². The number of nitrogens with zero attached hydrogens (tertiary/aromatic N) is 1. The monoisotopic (exact) mass is 275 g/mol. The molecule has 19 heavy (non-hydrogen) atoms. The molecule has 0 saturated carbocycles. The highest BCUT2D eigenvalue weighted by molar-refractivity contribution is 8.04. The fourth-order valence-corrected chi connectivity index (χ4v) is 5.16. The summed E-state index contributed by atoms with van der Waals surface area (Å²) in [6, 6.07) is 0. The van der Waals surface area contributed by atoms with E-state index in [9.17, 15) is 0 Å². The molecule has 0 spiro atoms. The molecule has 0 radical (unpaired) electrons. The summed E-state index contributed by atoms with van der Waals surface area (Å²) in [6.45, 7) is 0.768. The predicted molar refractivity (Wildman–Crippen MR) is 80.9 cm³/mol. The van der Waals surface area contributed by atoms with Crippen molar-refractivity contribution in [3.63, 3.8) is 0 Å². The predicted octanol–water partition coefficient (Wildman–Crippen LogP) is 3.12. The Labute approximate surface area is 119 Å². The zero-order valence-electron chi connectivity index (χ0n) is 11.2. The van der Waals surface area contributed by atoms with E-state index in [0.29, 0.717) is 11.3 Å². The smallest absolute Gasteiger partial charge is 0.112 e. The first-order chi connectivity index (χ1) is 9.42. The van der Waals surface area contributed by atoms with E-state index >= 15 is 0 Å². The van der Waals surface area contributed by atoms with Crippen LogP contribution in [0.1, 0.15) is 44.9 Å². The van der Waals surface area contributed by atoms with E-state index in [-0.39, 0.29) is 0 Å². The second kappa shape index (κ2) is 4.98. The molecule has 2 aliphatic carbocycles. The maximum absolute atomic E-state index is 4.73. The van der Waals surface area contributed by atoms with E-state index < -0.39 is 0 Å². The molecule has 0 aromatic rings. The van der Waals surface area contributed by atoms with Gasteiger partial charge in [0.2, 0.25) is 0 Å². The van der Waals surface area contributed by atoms with Gasteiger partial charge in [-0.05, 0) is 55.4 Å². The van der Waals surface area contributed by atoms with Crippen molar-refractivity contribution < 1.29 is 0 Å². The van der Waals surface area contributed by atoms with E-state index in [4.69, 9.17) is 4.99 Å². The van der Waals surface area contributed by atoms with Gasteiger partial charge in [0.05, 0.1) is 18.0 Å². The van der Waals surface area contributed by atoms with Crippen LogP contribution in [0.3, 0.4) is 0 Å². The molecule has 0 saturated heterocycles. The van der Waals surface area contributed by atoms with Crippen LogP contribution >= 0.6 is 11.8 Å². The third kappa shape index (κ3) is 2.15. The highest BCUT2D eigenvalue weighted by Crippen LogP contribution is 2.50. The van der Waals surface area contributed by atoms with Crippen LogP contribution in [0, 0.1) is 5.92 Å². The van der Waals surface area contributed by atoms with Crippen LogP contribution in [0.4, 0.5) is 0 Å². The number of hydrogen-bond acceptors (Lipinski definition) is 4. The standard InChI is InChI=1S/C15H21N3S/c1-2-5-10(6-3-1)18-14-13-11-7-4-8-12(11)19-15(13)17-9-16-14/h5,13,15,17H,1-4,6-9H2,(H,16,18). The van der Waals surface area contributed by atoms with E-state index in [2.05, 4.69) is 28.5 Å². The lowest BCUT2D eigenvalue weighted by atomic mass is 9.95. The number of fused-ring (bicyclic) bond motifs is 2. The molecule has 102 valence electrons. The molecule has 0 fully saturated rings. The van der Waals surface area contributed by atoms with Crippen molar-refractivity contribution in [1.82, 2.24) is 10.6 Å². The summed E-state index contributed by atoms with van der Waals surface area (Å²) in [4.78, 5) is 6.38. The summed E-state index contributed by atoms with van der Waals surface area (Å²) >= 11 is 2.06. The van der Waals surface area contributed by atoms with Crippen LogP contribution < -0.4 is 10.6 Å². The minimum atomic E-state index is 0.513. The van der Waals surface area contributed by atoms with Gasteiger partial charge in [-0.25, -0.2) is 0 Å². The molecule has 2 unspecified atom stereocenters. The van der Waals surface area contributed by atoms with Crippen molar-refractivity contribution in [2.45, 2.75) is 50.3 Å². The Morgan fingerprint density at radius 1 is 1.21 bits per heavy atom. The van der Waals surface area contributed by atoms with Crippen molar-refractivity contribution in [2.24, 2.45) is 10.9 Å². The third-order valence-electron chi connectivity index (χ3n) is 4.57. The molecule has 3 nitrogen and oxygen atoms in total. The Kier molecular flexibility index (Phi) is 3.16. The van der Waals surface area contributed by atoms with Crippen LogP contribution in [0.2, 0.25) is 0 Å². The molecule has 2 N–H and O–H groups in total. The molecular weight excluding hydrogens is 254 g/mol. The lowest BCUT2D eigenvalue weighted by Gasteiger charge is -2.30. The zero-order valence-corrected chi connectivity index (χ0v) is 12.1. The minimum absolute atomic E-state index is 0.513. The van der Waals surface area contributed by atoms with Gasteiger partial charge in [-0.3, -0.25) is 10.3 Å². The van der Waals surface area contributed by atoms with Gasteiger partial charge >= 0.3 is 0 Å². The molecule has 2 aliphatic heterocycles. The minimum Gasteiger partial charge on any atom is -0.347 e. The number of thioether (sulfide) groups is 1. The van der Waals surface area contributed by atoms with Gasteiger partial charge in [0.1, 0.15) is 5.84 Å². The number of hydrogen-bond donors (Lipinski definition) is 2. The van der Waals surface area contributed by atoms with Gasteiger partial charge in [-0.1, -0.05) is 6.08 Å². The maximum Gasteiger partial charge on any atom is 0.112 e. The highest BCUT2D eigenvalue weighted by atomic mass is 32.2. The Morgan fingerprint density at radius 2 is 2.21 bits per heavy atom. The van der Waals surface area contributed by atoms with E-state index in [1.54, 1.807) is 10.5 Å². The summed E-state index contributed by atoms with van der Waals surface area (Å²) < 4.78 is 0. The Hall–Kier alpha value is -0.740. The van der Waals surface area contributed by atoms with Crippen LogP contribution in [0.15, 0.2) is 27.2 Å². The largest absolute Gasteiger partial charge is 0.347 e. The lowest BCUT2D eigenvalue weighted by molar-refractivity contribution is 0.551. The number of aliphatic imine (C=N–C) groups is 1. The Bertz CT molecular complexity index is 478. The first-order valence-corrected chi connectivity index (χ1v) is 8.42. The fourth-order valence-electron chi connectivity index (χ4n) is 3.63. The van der Waals surface area contributed by atoms with Gasteiger partial charge in [-0.15, -0.1) is 11.8 Å².